The van der Waals surface area contributed by atoms with E-state index in [1.54, 1.807) is 19.1 Å². The van der Waals surface area contributed by atoms with E-state index in [0.29, 0.717) is 10.9 Å². The summed E-state index contributed by atoms with van der Waals surface area (Å²) >= 11 is 0. The highest BCUT2D eigenvalue weighted by atomic mass is 16.3. The molecule has 82 valence electrons. The smallest absolute Gasteiger partial charge is 0.166 e. The van der Waals surface area contributed by atoms with Crippen LogP contribution in [-0.2, 0) is 0 Å². The predicted octanol–water partition coefficient (Wildman–Crippen LogP) is 2.24. The van der Waals surface area contributed by atoms with Crippen LogP contribution in [-0.4, -0.2) is 21.0 Å². The Hall–Kier alpha value is -2.10. The molecule has 2 N–H and O–H groups in total. The Morgan fingerprint density at radius 2 is 2.19 bits per heavy atom. The van der Waals surface area contributed by atoms with E-state index in [1.165, 1.54) is 12.3 Å². The second-order valence-electron chi connectivity index (χ2n) is 3.47. The molecule has 0 fully saturated rings. The Balaban J connectivity index is 2.80. The van der Waals surface area contributed by atoms with Crippen LogP contribution in [0.2, 0.25) is 0 Å². The van der Waals surface area contributed by atoms with Crippen molar-refractivity contribution in [2.24, 2.45) is 0 Å². The van der Waals surface area contributed by atoms with Gasteiger partial charge in [0.25, 0.3) is 0 Å². The summed E-state index contributed by atoms with van der Waals surface area (Å²) in [6, 6.07) is 4.52. The van der Waals surface area contributed by atoms with Gasteiger partial charge in [-0.25, -0.2) is 0 Å². The number of Topliss-reactive ketones (excluding diaryl/α,β-unsaturated/α-hetero) is 1. The van der Waals surface area contributed by atoms with E-state index in [-0.39, 0.29) is 29.3 Å². The number of rotatable bonds is 2. The van der Waals surface area contributed by atoms with Gasteiger partial charge in [0.05, 0.1) is 5.56 Å². The number of ketones is 1. The monoisotopic (exact) mass is 217 g/mol. The number of phenolic OH excluding ortho intramolecular Hbond substituents is 2. The second kappa shape index (κ2) is 3.81. The summed E-state index contributed by atoms with van der Waals surface area (Å²) in [5, 5.41) is 20.0. The van der Waals surface area contributed by atoms with Gasteiger partial charge >= 0.3 is 0 Å². The van der Waals surface area contributed by atoms with Crippen LogP contribution < -0.4 is 0 Å². The number of carbonyl (C=O) groups is 1. The van der Waals surface area contributed by atoms with Gasteiger partial charge in [0.1, 0.15) is 17.0 Å². The SMILES string of the molecule is CCC(=O)c1cc(O)c2ncccc2c1O. The highest BCUT2D eigenvalue weighted by Crippen LogP contribution is 2.34. The summed E-state index contributed by atoms with van der Waals surface area (Å²) in [6.07, 6.45) is 1.79. The number of aromatic nitrogens is 1. The molecule has 2 aromatic rings. The fourth-order valence-corrected chi connectivity index (χ4v) is 1.62. The van der Waals surface area contributed by atoms with E-state index >= 15 is 0 Å². The van der Waals surface area contributed by atoms with Crippen LogP contribution in [0.1, 0.15) is 23.7 Å². The zero-order valence-electron chi connectivity index (χ0n) is 8.77. The number of benzene rings is 1. The minimum absolute atomic E-state index is 0.0924. The van der Waals surface area contributed by atoms with Gasteiger partial charge in [0.2, 0.25) is 0 Å². The molecule has 0 spiro atoms. The summed E-state index contributed by atoms with van der Waals surface area (Å²) in [7, 11) is 0. The van der Waals surface area contributed by atoms with E-state index < -0.39 is 0 Å². The number of phenols is 2. The third kappa shape index (κ3) is 1.48. The quantitative estimate of drug-likeness (QED) is 0.597. The van der Waals surface area contributed by atoms with Gasteiger partial charge in [-0.15, -0.1) is 0 Å². The van der Waals surface area contributed by atoms with E-state index in [4.69, 9.17) is 0 Å². The molecule has 0 unspecified atom stereocenters. The molecule has 1 aromatic heterocycles. The van der Waals surface area contributed by atoms with Crippen molar-refractivity contribution < 1.29 is 15.0 Å². The molecular formula is C12H11NO3. The highest BCUT2D eigenvalue weighted by Gasteiger charge is 2.15. The van der Waals surface area contributed by atoms with Crippen LogP contribution in [0.25, 0.3) is 10.9 Å². The molecular weight excluding hydrogens is 206 g/mol. The first-order valence-corrected chi connectivity index (χ1v) is 4.98. The Morgan fingerprint density at radius 1 is 1.44 bits per heavy atom. The first kappa shape index (κ1) is 10.4. The van der Waals surface area contributed by atoms with Gasteiger partial charge in [-0.3, -0.25) is 9.78 Å². The van der Waals surface area contributed by atoms with Gasteiger partial charge in [0.15, 0.2) is 5.78 Å². The van der Waals surface area contributed by atoms with Gasteiger partial charge in [0, 0.05) is 18.0 Å². The average molecular weight is 217 g/mol. The highest BCUT2D eigenvalue weighted by molar-refractivity contribution is 6.05. The molecule has 0 atom stereocenters. The van der Waals surface area contributed by atoms with Crippen molar-refractivity contribution in [3.05, 3.63) is 30.0 Å². The predicted molar refractivity (Wildman–Crippen MR) is 59.7 cm³/mol. The molecule has 0 saturated carbocycles. The van der Waals surface area contributed by atoms with Crippen LogP contribution in [0.3, 0.4) is 0 Å². The molecule has 1 aromatic carbocycles. The van der Waals surface area contributed by atoms with Gasteiger partial charge in [-0.2, -0.15) is 0 Å². The topological polar surface area (TPSA) is 70.4 Å². The van der Waals surface area contributed by atoms with Gasteiger partial charge in [-0.05, 0) is 18.2 Å². The number of carbonyl (C=O) groups excluding carboxylic acids is 1. The molecule has 0 aliphatic heterocycles. The van der Waals surface area contributed by atoms with E-state index in [9.17, 15) is 15.0 Å². The van der Waals surface area contributed by atoms with Crippen LogP contribution in [0.4, 0.5) is 0 Å². The first-order valence-electron chi connectivity index (χ1n) is 4.98. The van der Waals surface area contributed by atoms with Crippen molar-refractivity contribution in [3.63, 3.8) is 0 Å². The summed E-state index contributed by atoms with van der Waals surface area (Å²) in [4.78, 5) is 15.5. The Labute approximate surface area is 92.2 Å². The third-order valence-corrected chi connectivity index (χ3v) is 2.46. The van der Waals surface area contributed by atoms with E-state index in [0.717, 1.165) is 0 Å². The van der Waals surface area contributed by atoms with Crippen LogP contribution in [0.5, 0.6) is 11.5 Å². The maximum atomic E-state index is 11.5. The fourth-order valence-electron chi connectivity index (χ4n) is 1.62. The standard InChI is InChI=1S/C12H11NO3/c1-2-9(14)8-6-10(15)11-7(12(8)16)4-3-5-13-11/h3-6,15-16H,2H2,1H3. The molecule has 0 radical (unpaired) electrons. The maximum Gasteiger partial charge on any atom is 0.166 e. The van der Waals surface area contributed by atoms with Gasteiger partial charge in [-0.1, -0.05) is 6.92 Å². The van der Waals surface area contributed by atoms with Crippen molar-refractivity contribution in [1.82, 2.24) is 4.98 Å². The normalized spacial score (nSPS) is 10.6. The molecule has 2 rings (SSSR count). The van der Waals surface area contributed by atoms with Crippen molar-refractivity contribution in [3.8, 4) is 11.5 Å². The minimum atomic E-state index is -0.210. The molecule has 0 aliphatic carbocycles. The molecule has 0 amide bonds. The average Bonchev–Trinajstić information content (AvgIpc) is 2.33. The second-order valence-corrected chi connectivity index (χ2v) is 3.47. The lowest BCUT2D eigenvalue weighted by Gasteiger charge is -2.07. The fraction of sp³-hybridized carbons (Fsp3) is 0.167. The third-order valence-electron chi connectivity index (χ3n) is 2.46. The number of hydrogen-bond donors (Lipinski definition) is 2. The maximum absolute atomic E-state index is 11.5. The molecule has 0 aliphatic rings. The summed E-state index contributed by atoms with van der Waals surface area (Å²) in [5.74, 6) is -0.420. The Bertz CT molecular complexity index is 563. The minimum Gasteiger partial charge on any atom is -0.506 e. The molecule has 1 heterocycles. The van der Waals surface area contributed by atoms with E-state index in [2.05, 4.69) is 4.98 Å². The lowest BCUT2D eigenvalue weighted by molar-refractivity contribution is 0.0985. The molecule has 16 heavy (non-hydrogen) atoms. The number of fused-ring (bicyclic) bond motifs is 1. The first-order chi connectivity index (χ1) is 7.65. The van der Waals surface area contributed by atoms with Crippen LogP contribution in [0, 0.1) is 0 Å². The molecule has 0 saturated heterocycles. The lowest BCUT2D eigenvalue weighted by Crippen LogP contribution is -1.97. The number of pyridine rings is 1. The number of nitrogens with zero attached hydrogens (tertiary/aromatic N) is 1. The summed E-state index contributed by atoms with van der Waals surface area (Å²) in [6.45, 7) is 1.70. The summed E-state index contributed by atoms with van der Waals surface area (Å²) < 4.78 is 0. The van der Waals surface area contributed by atoms with Crippen LogP contribution >= 0.6 is 0 Å². The van der Waals surface area contributed by atoms with Crippen molar-refractivity contribution >= 4 is 16.7 Å². The number of aromatic hydroxyl groups is 2. The largest absolute Gasteiger partial charge is 0.506 e. The van der Waals surface area contributed by atoms with Gasteiger partial charge < -0.3 is 10.2 Å². The van der Waals surface area contributed by atoms with E-state index in [1.807, 2.05) is 0 Å². The zero-order chi connectivity index (χ0) is 11.7. The van der Waals surface area contributed by atoms with Crippen molar-refractivity contribution in [2.45, 2.75) is 13.3 Å². The molecule has 4 nitrogen and oxygen atoms in total. The molecule has 0 bridgehead atoms. The summed E-state index contributed by atoms with van der Waals surface area (Å²) in [5.41, 5.74) is 0.438. The van der Waals surface area contributed by atoms with Crippen LogP contribution in [0.15, 0.2) is 24.4 Å². The molecule has 4 heteroatoms. The van der Waals surface area contributed by atoms with Crippen molar-refractivity contribution in [2.75, 3.05) is 0 Å². The number of hydrogen-bond acceptors (Lipinski definition) is 4. The lowest BCUT2D eigenvalue weighted by atomic mass is 10.0. The Kier molecular flexibility index (Phi) is 2.48. The zero-order valence-corrected chi connectivity index (χ0v) is 8.77. The Morgan fingerprint density at radius 3 is 2.88 bits per heavy atom. The van der Waals surface area contributed by atoms with Crippen molar-refractivity contribution in [1.29, 1.82) is 0 Å².